The van der Waals surface area contributed by atoms with Gasteiger partial charge in [-0.15, -0.1) is 0 Å². The molecule has 2 heterocycles. The summed E-state index contributed by atoms with van der Waals surface area (Å²) in [6.07, 6.45) is 3.62. The molecule has 220 valence electrons. The van der Waals surface area contributed by atoms with E-state index in [2.05, 4.69) is 89.9 Å². The number of hydrogen-bond acceptors (Lipinski definition) is 2. The summed E-state index contributed by atoms with van der Waals surface area (Å²) in [6, 6.07) is 43.5. The summed E-state index contributed by atoms with van der Waals surface area (Å²) in [7, 11) is 0. The zero-order valence-electron chi connectivity index (χ0n) is 30.2. The van der Waals surface area contributed by atoms with Crippen molar-refractivity contribution in [2.24, 2.45) is 0 Å². The van der Waals surface area contributed by atoms with E-state index in [0.29, 0.717) is 16.9 Å². The first-order valence-corrected chi connectivity index (χ1v) is 15.5. The summed E-state index contributed by atoms with van der Waals surface area (Å²) in [5.74, 6) is 0.487. The van der Waals surface area contributed by atoms with Crippen molar-refractivity contribution in [2.45, 2.75) is 0 Å². The SMILES string of the molecule is [2H]c1c([2H])c([2H])c(-n2c(-c3cccc(-c4c5ccccc5c(-c5ccc(-c6ccncc6)cc5)c5ccccc45)c3)nc3ccccc32)c([2H])c1[2H]. The molecule has 0 bridgehead atoms. The van der Waals surface area contributed by atoms with Crippen molar-refractivity contribution in [1.82, 2.24) is 14.5 Å². The number of pyridine rings is 1. The van der Waals surface area contributed by atoms with Crippen LogP contribution in [0.5, 0.6) is 0 Å². The molecule has 0 unspecified atom stereocenters. The Morgan fingerprint density at radius 3 is 1.70 bits per heavy atom. The van der Waals surface area contributed by atoms with Crippen molar-refractivity contribution in [3.8, 4) is 50.5 Å². The minimum absolute atomic E-state index is 0.0651. The molecule has 0 N–H and O–H groups in total. The van der Waals surface area contributed by atoms with Gasteiger partial charge in [0.25, 0.3) is 0 Å². The number of hydrogen-bond donors (Lipinski definition) is 0. The molecule has 0 amide bonds. The van der Waals surface area contributed by atoms with Crippen LogP contribution in [0.2, 0.25) is 0 Å². The first-order chi connectivity index (χ1) is 25.4. The predicted molar refractivity (Wildman–Crippen MR) is 196 cm³/mol. The molecular weight excluding hydrogens is 571 g/mol. The predicted octanol–water partition coefficient (Wildman–Crippen LogP) is 11.4. The molecule has 0 aliphatic carbocycles. The third-order valence-corrected chi connectivity index (χ3v) is 8.80. The fourth-order valence-electron chi connectivity index (χ4n) is 6.74. The number of benzene rings is 7. The van der Waals surface area contributed by atoms with Crippen LogP contribution < -0.4 is 0 Å². The van der Waals surface area contributed by atoms with Gasteiger partial charge in [0.15, 0.2) is 0 Å². The van der Waals surface area contributed by atoms with Crippen molar-refractivity contribution in [2.75, 3.05) is 0 Å². The molecule has 2 aromatic heterocycles. The van der Waals surface area contributed by atoms with E-state index in [1.54, 1.807) is 4.57 Å². The second kappa shape index (κ2) is 11.2. The van der Waals surface area contributed by atoms with Crippen LogP contribution in [0.15, 0.2) is 176 Å². The summed E-state index contributed by atoms with van der Waals surface area (Å²) in [5.41, 5.74) is 8.71. The maximum atomic E-state index is 8.83. The van der Waals surface area contributed by atoms with E-state index in [1.807, 2.05) is 60.9 Å². The van der Waals surface area contributed by atoms with E-state index in [1.165, 1.54) is 0 Å². The monoisotopic (exact) mass is 604 g/mol. The summed E-state index contributed by atoms with van der Waals surface area (Å²) in [6.45, 7) is 0. The van der Waals surface area contributed by atoms with Gasteiger partial charge in [-0.2, -0.15) is 0 Å². The Morgan fingerprint density at radius 2 is 1.02 bits per heavy atom. The van der Waals surface area contributed by atoms with Crippen LogP contribution in [-0.4, -0.2) is 14.5 Å². The fourth-order valence-corrected chi connectivity index (χ4v) is 6.74. The van der Waals surface area contributed by atoms with E-state index < -0.39 is 18.1 Å². The molecule has 0 aliphatic heterocycles. The Kier molecular flexibility index (Phi) is 5.32. The van der Waals surface area contributed by atoms with Crippen LogP contribution in [0.25, 0.3) is 83.0 Å². The summed E-state index contributed by atoms with van der Waals surface area (Å²) in [4.78, 5) is 9.15. The van der Waals surface area contributed by atoms with E-state index in [-0.39, 0.29) is 17.8 Å². The van der Waals surface area contributed by atoms with Gasteiger partial charge in [-0.3, -0.25) is 9.55 Å². The fraction of sp³-hybridized carbons (Fsp3) is 0. The molecule has 0 saturated heterocycles. The Morgan fingerprint density at radius 1 is 0.468 bits per heavy atom. The van der Waals surface area contributed by atoms with E-state index in [9.17, 15) is 0 Å². The Labute approximate surface area is 280 Å². The summed E-state index contributed by atoms with van der Waals surface area (Å²) in [5, 5.41) is 4.46. The number of imidazole rings is 1. The zero-order chi connectivity index (χ0) is 35.5. The second-order valence-electron chi connectivity index (χ2n) is 11.5. The molecular formula is C44H29N3. The van der Waals surface area contributed by atoms with Gasteiger partial charge in [0.1, 0.15) is 5.82 Å². The van der Waals surface area contributed by atoms with E-state index in [4.69, 9.17) is 11.8 Å². The van der Waals surface area contributed by atoms with Gasteiger partial charge in [-0.1, -0.05) is 121 Å². The lowest BCUT2D eigenvalue weighted by atomic mass is 9.85. The molecule has 0 aliphatic rings. The molecule has 3 heteroatoms. The molecule has 0 saturated carbocycles. The molecule has 9 aromatic rings. The average molecular weight is 605 g/mol. The van der Waals surface area contributed by atoms with Crippen molar-refractivity contribution < 1.29 is 6.85 Å². The largest absolute Gasteiger partial charge is 0.292 e. The number of nitrogens with zero attached hydrogens (tertiary/aromatic N) is 3. The number of para-hydroxylation sites is 3. The van der Waals surface area contributed by atoms with E-state index >= 15 is 0 Å². The highest BCUT2D eigenvalue weighted by Crippen LogP contribution is 2.44. The maximum Gasteiger partial charge on any atom is 0.145 e. The van der Waals surface area contributed by atoms with Crippen LogP contribution in [0.1, 0.15) is 6.85 Å². The molecule has 7 aromatic carbocycles. The van der Waals surface area contributed by atoms with Crippen molar-refractivity contribution in [3.63, 3.8) is 0 Å². The molecule has 0 atom stereocenters. The van der Waals surface area contributed by atoms with Crippen LogP contribution in [0.3, 0.4) is 0 Å². The molecule has 47 heavy (non-hydrogen) atoms. The van der Waals surface area contributed by atoms with Gasteiger partial charge in [-0.05, 0) is 97.3 Å². The Hall–Kier alpha value is -6.32. The van der Waals surface area contributed by atoms with Gasteiger partial charge in [0, 0.05) is 23.6 Å². The third kappa shape index (κ3) is 4.60. The molecule has 0 radical (unpaired) electrons. The Bertz CT molecular complexity index is 2760. The number of rotatable bonds is 5. The van der Waals surface area contributed by atoms with Gasteiger partial charge < -0.3 is 0 Å². The van der Waals surface area contributed by atoms with Crippen LogP contribution >= 0.6 is 0 Å². The van der Waals surface area contributed by atoms with Crippen molar-refractivity contribution in [3.05, 3.63) is 176 Å². The first-order valence-electron chi connectivity index (χ1n) is 18.0. The zero-order valence-corrected chi connectivity index (χ0v) is 25.2. The van der Waals surface area contributed by atoms with Gasteiger partial charge in [0.2, 0.25) is 0 Å². The van der Waals surface area contributed by atoms with Crippen molar-refractivity contribution >= 4 is 32.6 Å². The molecule has 0 spiro atoms. The lowest BCUT2D eigenvalue weighted by molar-refractivity contribution is 1.10. The highest BCUT2D eigenvalue weighted by atomic mass is 15.1. The number of aromatic nitrogens is 3. The topological polar surface area (TPSA) is 30.7 Å². The summed E-state index contributed by atoms with van der Waals surface area (Å²) < 4.78 is 44.4. The van der Waals surface area contributed by atoms with Crippen LogP contribution in [0, 0.1) is 0 Å². The highest BCUT2D eigenvalue weighted by Gasteiger charge is 2.19. The minimum Gasteiger partial charge on any atom is -0.292 e. The van der Waals surface area contributed by atoms with E-state index in [0.717, 1.165) is 60.5 Å². The maximum absolute atomic E-state index is 8.83. The standard InChI is InChI=1S/C44H29N3/c1-2-13-35(14-3-1)47-41-20-9-8-19-40(41)46-44(47)34-12-10-11-33(29-34)43-38-17-6-4-15-36(38)42(37-16-5-7-18-39(37)43)32-23-21-30(22-24-32)31-25-27-45-28-26-31/h1-29H/i1D,2D,3D,13D,14D. The smallest absolute Gasteiger partial charge is 0.145 e. The van der Waals surface area contributed by atoms with Gasteiger partial charge in [0.05, 0.1) is 17.9 Å². The van der Waals surface area contributed by atoms with Gasteiger partial charge >= 0.3 is 0 Å². The lowest BCUT2D eigenvalue weighted by Gasteiger charge is -2.18. The minimum atomic E-state index is -0.432. The summed E-state index contributed by atoms with van der Waals surface area (Å²) >= 11 is 0. The third-order valence-electron chi connectivity index (χ3n) is 8.80. The number of fused-ring (bicyclic) bond motifs is 3. The van der Waals surface area contributed by atoms with Crippen LogP contribution in [0.4, 0.5) is 0 Å². The molecule has 3 nitrogen and oxygen atoms in total. The van der Waals surface area contributed by atoms with Crippen LogP contribution in [-0.2, 0) is 0 Å². The van der Waals surface area contributed by atoms with Gasteiger partial charge in [-0.25, -0.2) is 4.98 Å². The normalized spacial score (nSPS) is 12.9. The lowest BCUT2D eigenvalue weighted by Crippen LogP contribution is -1.97. The molecule has 0 fully saturated rings. The quantitative estimate of drug-likeness (QED) is 0.183. The Balaban J connectivity index is 1.27. The van der Waals surface area contributed by atoms with Crippen molar-refractivity contribution in [1.29, 1.82) is 0 Å². The second-order valence-corrected chi connectivity index (χ2v) is 11.5. The molecule has 9 rings (SSSR count). The highest BCUT2D eigenvalue weighted by molar-refractivity contribution is 6.21. The first kappa shape index (κ1) is 22.2. The average Bonchev–Trinajstić information content (AvgIpc) is 3.58.